The highest BCUT2D eigenvalue weighted by molar-refractivity contribution is 5.37. The molecule has 0 aliphatic rings. The van der Waals surface area contributed by atoms with E-state index in [4.69, 9.17) is 5.11 Å². The zero-order chi connectivity index (χ0) is 11.3. The van der Waals surface area contributed by atoms with E-state index < -0.39 is 18.9 Å². The highest BCUT2D eigenvalue weighted by Gasteiger charge is 2.13. The van der Waals surface area contributed by atoms with Crippen LogP contribution >= 0.6 is 0 Å². The van der Waals surface area contributed by atoms with Crippen molar-refractivity contribution in [1.82, 2.24) is 4.98 Å². The van der Waals surface area contributed by atoms with Gasteiger partial charge in [0.1, 0.15) is 5.82 Å². The Morgan fingerprint density at radius 2 is 2.13 bits per heavy atom. The summed E-state index contributed by atoms with van der Waals surface area (Å²) in [5, 5.41) is 8.67. The van der Waals surface area contributed by atoms with Gasteiger partial charge in [-0.25, -0.2) is 13.8 Å². The fraction of sp³-hybridized carbons (Fsp3) is 0.444. The molecular weight excluding hydrogens is 209 g/mol. The van der Waals surface area contributed by atoms with Gasteiger partial charge in [-0.3, -0.25) is 0 Å². The number of nitrogens with zero attached hydrogens (tertiary/aromatic N) is 2. The average molecular weight is 220 g/mol. The third-order valence-corrected chi connectivity index (χ3v) is 1.75. The van der Waals surface area contributed by atoms with E-state index in [1.54, 1.807) is 0 Å². The van der Waals surface area contributed by atoms with Crippen molar-refractivity contribution in [1.29, 1.82) is 0 Å². The van der Waals surface area contributed by atoms with Gasteiger partial charge in [0.2, 0.25) is 5.95 Å². The topological polar surface area (TPSA) is 36.4 Å². The first-order chi connectivity index (χ1) is 7.13. The van der Waals surface area contributed by atoms with Crippen LogP contribution in [0.1, 0.15) is 0 Å². The highest BCUT2D eigenvalue weighted by atomic mass is 19.3. The molecule has 0 unspecified atom stereocenters. The predicted molar refractivity (Wildman–Crippen MR) is 49.5 cm³/mol. The van der Waals surface area contributed by atoms with Crippen LogP contribution in [0, 0.1) is 5.95 Å². The maximum absolute atomic E-state index is 12.7. The lowest BCUT2D eigenvalue weighted by Gasteiger charge is -2.21. The fourth-order valence-corrected chi connectivity index (χ4v) is 1.16. The van der Waals surface area contributed by atoms with Crippen molar-refractivity contribution in [3.05, 3.63) is 24.1 Å². The third kappa shape index (κ3) is 3.75. The second-order valence-electron chi connectivity index (χ2n) is 2.88. The lowest BCUT2D eigenvalue weighted by molar-refractivity contribution is 0.152. The van der Waals surface area contributed by atoms with Gasteiger partial charge in [-0.1, -0.05) is 6.07 Å². The summed E-state index contributed by atoms with van der Waals surface area (Å²) >= 11 is 0. The molecule has 0 aliphatic carbocycles. The second-order valence-corrected chi connectivity index (χ2v) is 2.88. The van der Waals surface area contributed by atoms with Gasteiger partial charge < -0.3 is 10.0 Å². The molecule has 0 saturated heterocycles. The minimum Gasteiger partial charge on any atom is -0.395 e. The Bertz CT molecular complexity index is 309. The Hall–Kier alpha value is -1.30. The van der Waals surface area contributed by atoms with E-state index in [0.29, 0.717) is 0 Å². The van der Waals surface area contributed by atoms with Crippen molar-refractivity contribution in [2.24, 2.45) is 0 Å². The third-order valence-electron chi connectivity index (χ3n) is 1.75. The molecule has 15 heavy (non-hydrogen) atoms. The van der Waals surface area contributed by atoms with Crippen molar-refractivity contribution < 1.29 is 18.3 Å². The number of anilines is 1. The number of hydrogen-bond acceptors (Lipinski definition) is 3. The normalized spacial score (nSPS) is 10.7. The van der Waals surface area contributed by atoms with E-state index in [-0.39, 0.29) is 19.0 Å². The smallest absolute Gasteiger partial charge is 0.255 e. The lowest BCUT2D eigenvalue weighted by atomic mass is 10.4. The van der Waals surface area contributed by atoms with Crippen LogP contribution < -0.4 is 4.90 Å². The SMILES string of the molecule is OCCN(CC(F)F)c1cccc(F)n1. The highest BCUT2D eigenvalue weighted by Crippen LogP contribution is 2.12. The summed E-state index contributed by atoms with van der Waals surface area (Å²) in [6, 6.07) is 3.93. The number of alkyl halides is 2. The number of aliphatic hydroxyl groups is 1. The van der Waals surface area contributed by atoms with Gasteiger partial charge in [-0.05, 0) is 12.1 Å². The maximum Gasteiger partial charge on any atom is 0.255 e. The van der Waals surface area contributed by atoms with E-state index in [1.165, 1.54) is 12.1 Å². The van der Waals surface area contributed by atoms with E-state index in [1.807, 2.05) is 0 Å². The van der Waals surface area contributed by atoms with Gasteiger partial charge in [0, 0.05) is 6.54 Å². The molecule has 0 saturated carbocycles. The molecule has 0 radical (unpaired) electrons. The molecule has 0 fully saturated rings. The molecule has 0 spiro atoms. The van der Waals surface area contributed by atoms with Crippen LogP contribution in [0.3, 0.4) is 0 Å². The molecular formula is C9H11F3N2O. The van der Waals surface area contributed by atoms with Crippen LogP contribution in [0.4, 0.5) is 19.0 Å². The molecule has 1 rings (SSSR count). The molecule has 0 amide bonds. The molecule has 1 aromatic heterocycles. The van der Waals surface area contributed by atoms with Crippen LogP contribution in [0.5, 0.6) is 0 Å². The zero-order valence-electron chi connectivity index (χ0n) is 7.91. The number of aliphatic hydroxyl groups excluding tert-OH is 1. The Kier molecular flexibility index (Phi) is 4.36. The molecule has 1 N–H and O–H groups in total. The lowest BCUT2D eigenvalue weighted by Crippen LogP contribution is -2.32. The van der Waals surface area contributed by atoms with E-state index in [0.717, 1.165) is 11.0 Å². The first-order valence-corrected chi connectivity index (χ1v) is 4.40. The van der Waals surface area contributed by atoms with Gasteiger partial charge >= 0.3 is 0 Å². The van der Waals surface area contributed by atoms with Gasteiger partial charge in [0.15, 0.2) is 0 Å². The Labute approximate surface area is 85.2 Å². The van der Waals surface area contributed by atoms with Crippen molar-refractivity contribution >= 4 is 5.82 Å². The quantitative estimate of drug-likeness (QED) is 0.759. The van der Waals surface area contributed by atoms with Crippen LogP contribution in [0.25, 0.3) is 0 Å². The van der Waals surface area contributed by atoms with Crippen LogP contribution in [0.2, 0.25) is 0 Å². The summed E-state index contributed by atoms with van der Waals surface area (Å²) in [4.78, 5) is 4.59. The van der Waals surface area contributed by atoms with Crippen molar-refractivity contribution in [2.45, 2.75) is 6.43 Å². The van der Waals surface area contributed by atoms with Crippen LogP contribution in [-0.4, -0.2) is 36.2 Å². The molecule has 84 valence electrons. The summed E-state index contributed by atoms with van der Waals surface area (Å²) in [5.74, 6) is -0.631. The molecule has 6 heteroatoms. The van der Waals surface area contributed by atoms with E-state index >= 15 is 0 Å². The monoisotopic (exact) mass is 220 g/mol. The number of hydrogen-bond donors (Lipinski definition) is 1. The molecule has 0 aliphatic heterocycles. The van der Waals surface area contributed by atoms with Crippen molar-refractivity contribution in [3.63, 3.8) is 0 Å². The summed E-state index contributed by atoms with van der Waals surface area (Å²) in [6.07, 6.45) is -2.55. The van der Waals surface area contributed by atoms with Gasteiger partial charge in [0.25, 0.3) is 6.43 Å². The molecule has 1 heterocycles. The van der Waals surface area contributed by atoms with Crippen molar-refractivity contribution in [3.8, 4) is 0 Å². The predicted octanol–water partition coefficient (Wildman–Crippen LogP) is 1.28. The number of pyridine rings is 1. The zero-order valence-corrected chi connectivity index (χ0v) is 7.91. The number of halogens is 3. The maximum atomic E-state index is 12.7. The van der Waals surface area contributed by atoms with Crippen molar-refractivity contribution in [2.75, 3.05) is 24.6 Å². The first kappa shape index (κ1) is 11.8. The summed E-state index contributed by atoms with van der Waals surface area (Å²) in [7, 11) is 0. The van der Waals surface area contributed by atoms with E-state index in [9.17, 15) is 13.2 Å². The van der Waals surface area contributed by atoms with E-state index in [2.05, 4.69) is 4.98 Å². The molecule has 1 aromatic rings. The van der Waals surface area contributed by atoms with Crippen LogP contribution in [0.15, 0.2) is 18.2 Å². The standard InChI is InChI=1S/C9H11F3N2O/c10-7(11)6-14(4-5-15)9-3-1-2-8(12)13-9/h1-3,7,15H,4-6H2. The number of aromatic nitrogens is 1. The Morgan fingerprint density at radius 1 is 1.40 bits per heavy atom. The minimum atomic E-state index is -2.55. The second kappa shape index (κ2) is 5.55. The summed E-state index contributed by atoms with van der Waals surface area (Å²) in [5.41, 5.74) is 0. The minimum absolute atomic E-state index is 0.000787. The van der Waals surface area contributed by atoms with Gasteiger partial charge in [-0.15, -0.1) is 0 Å². The average Bonchev–Trinajstić information content (AvgIpc) is 2.16. The molecule has 0 bridgehead atoms. The Morgan fingerprint density at radius 3 is 2.67 bits per heavy atom. The summed E-state index contributed by atoms with van der Waals surface area (Å²) < 4.78 is 37.0. The molecule has 3 nitrogen and oxygen atoms in total. The summed E-state index contributed by atoms with van der Waals surface area (Å²) in [6.45, 7) is -0.858. The number of rotatable bonds is 5. The molecule has 0 aromatic carbocycles. The van der Waals surface area contributed by atoms with Gasteiger partial charge in [0.05, 0.1) is 13.2 Å². The fourth-order valence-electron chi connectivity index (χ4n) is 1.16. The van der Waals surface area contributed by atoms with Crippen LogP contribution in [-0.2, 0) is 0 Å². The molecule has 0 atom stereocenters. The Balaban J connectivity index is 2.78. The largest absolute Gasteiger partial charge is 0.395 e. The van der Waals surface area contributed by atoms with Gasteiger partial charge in [-0.2, -0.15) is 4.39 Å². The first-order valence-electron chi connectivity index (χ1n) is 4.40.